The van der Waals surface area contributed by atoms with Gasteiger partial charge in [0.1, 0.15) is 6.61 Å². The molecule has 0 aliphatic carbocycles. The van der Waals surface area contributed by atoms with Crippen LogP contribution in [-0.4, -0.2) is 32.6 Å². The monoisotopic (exact) mass is 351 g/mol. The van der Waals surface area contributed by atoms with Crippen molar-refractivity contribution in [2.75, 3.05) is 6.61 Å². The van der Waals surface area contributed by atoms with Gasteiger partial charge >= 0.3 is 5.69 Å². The molecule has 0 aliphatic heterocycles. The Morgan fingerprint density at radius 1 is 1.12 bits per heavy atom. The summed E-state index contributed by atoms with van der Waals surface area (Å²) in [5, 5.41) is 11.7. The van der Waals surface area contributed by atoms with Crippen molar-refractivity contribution in [3.8, 4) is 5.69 Å². The van der Waals surface area contributed by atoms with Crippen LogP contribution in [0.5, 0.6) is 0 Å². The maximum atomic E-state index is 12.1. The van der Waals surface area contributed by atoms with Crippen LogP contribution in [0, 0.1) is 6.92 Å². The molecule has 0 spiro atoms. The fourth-order valence-corrected chi connectivity index (χ4v) is 2.61. The number of benzene rings is 2. The van der Waals surface area contributed by atoms with Gasteiger partial charge in [-0.3, -0.25) is 0 Å². The van der Waals surface area contributed by atoms with Crippen LogP contribution in [0.1, 0.15) is 23.1 Å². The molecule has 0 aliphatic rings. The Morgan fingerprint density at radius 2 is 1.92 bits per heavy atom. The molecule has 0 amide bonds. The average Bonchev–Trinajstić information content (AvgIpc) is 2.99. The number of hydrogen-bond acceptors (Lipinski definition) is 5. The summed E-state index contributed by atoms with van der Waals surface area (Å²) in [5.74, 6) is 0. The van der Waals surface area contributed by atoms with Gasteiger partial charge in [0.05, 0.1) is 11.9 Å². The predicted molar refractivity (Wildman–Crippen MR) is 99.6 cm³/mol. The Hall–Kier alpha value is -3.22. The average molecular weight is 351 g/mol. The standard InChI is InChI=1S/C19H21N5O2/c1-15-8-6-12-18(24-19(25)23(2)21-22-24)17(15)14-20-26-13-7-11-16-9-4-3-5-10-16/h3-6,8-10,12,14H,7,11,13H2,1-2H3. The van der Waals surface area contributed by atoms with Gasteiger partial charge in [-0.25, -0.2) is 4.79 Å². The van der Waals surface area contributed by atoms with Crippen molar-refractivity contribution < 1.29 is 4.84 Å². The van der Waals surface area contributed by atoms with Gasteiger partial charge in [0.2, 0.25) is 0 Å². The van der Waals surface area contributed by atoms with E-state index < -0.39 is 0 Å². The molecule has 3 rings (SSSR count). The third-order valence-electron chi connectivity index (χ3n) is 4.05. The van der Waals surface area contributed by atoms with Gasteiger partial charge in [-0.05, 0) is 47.4 Å². The fourth-order valence-electron chi connectivity index (χ4n) is 2.61. The number of rotatable bonds is 7. The van der Waals surface area contributed by atoms with E-state index in [0.717, 1.165) is 24.0 Å². The minimum absolute atomic E-state index is 0.311. The first-order valence-electron chi connectivity index (χ1n) is 8.45. The second kappa shape index (κ2) is 8.24. The minimum atomic E-state index is -0.311. The summed E-state index contributed by atoms with van der Waals surface area (Å²) in [5.41, 5.74) is 3.34. The van der Waals surface area contributed by atoms with Crippen LogP contribution in [0.3, 0.4) is 0 Å². The molecule has 0 atom stereocenters. The highest BCUT2D eigenvalue weighted by atomic mass is 16.6. The van der Waals surface area contributed by atoms with Crippen LogP contribution in [0.25, 0.3) is 5.69 Å². The molecule has 7 nitrogen and oxygen atoms in total. The number of aromatic nitrogens is 4. The topological polar surface area (TPSA) is 74.3 Å². The first kappa shape index (κ1) is 17.6. The maximum Gasteiger partial charge on any atom is 0.368 e. The number of hydrogen-bond donors (Lipinski definition) is 0. The van der Waals surface area contributed by atoms with Gasteiger partial charge < -0.3 is 4.84 Å². The first-order chi connectivity index (χ1) is 12.7. The predicted octanol–water partition coefficient (Wildman–Crippen LogP) is 2.26. The fraction of sp³-hybridized carbons (Fsp3) is 0.263. The van der Waals surface area contributed by atoms with E-state index in [0.29, 0.717) is 12.3 Å². The van der Waals surface area contributed by atoms with Crippen molar-refractivity contribution in [3.63, 3.8) is 0 Å². The van der Waals surface area contributed by atoms with Gasteiger partial charge in [-0.1, -0.05) is 47.6 Å². The van der Waals surface area contributed by atoms with Crippen LogP contribution < -0.4 is 5.69 Å². The van der Waals surface area contributed by atoms with Crippen LogP contribution in [0.15, 0.2) is 58.5 Å². The zero-order chi connectivity index (χ0) is 18.4. The van der Waals surface area contributed by atoms with Gasteiger partial charge in [0.25, 0.3) is 0 Å². The Bertz CT molecular complexity index is 944. The third-order valence-corrected chi connectivity index (χ3v) is 4.05. The number of oxime groups is 1. The third kappa shape index (κ3) is 4.05. The molecule has 0 saturated carbocycles. The normalized spacial score (nSPS) is 11.2. The largest absolute Gasteiger partial charge is 0.396 e. The van der Waals surface area contributed by atoms with Crippen LogP contribution >= 0.6 is 0 Å². The van der Waals surface area contributed by atoms with Crippen molar-refractivity contribution in [1.29, 1.82) is 0 Å². The van der Waals surface area contributed by atoms with E-state index in [9.17, 15) is 4.79 Å². The smallest absolute Gasteiger partial charge is 0.368 e. The number of tetrazole rings is 1. The molecule has 26 heavy (non-hydrogen) atoms. The summed E-state index contributed by atoms with van der Waals surface area (Å²) in [6.07, 6.45) is 3.45. The molecule has 1 heterocycles. The summed E-state index contributed by atoms with van der Waals surface area (Å²) >= 11 is 0. The molecule has 0 saturated heterocycles. The highest BCUT2D eigenvalue weighted by molar-refractivity contribution is 5.86. The number of aryl methyl sites for hydroxylation is 3. The van der Waals surface area contributed by atoms with Crippen molar-refractivity contribution in [2.24, 2.45) is 12.2 Å². The van der Waals surface area contributed by atoms with E-state index in [1.165, 1.54) is 14.9 Å². The van der Waals surface area contributed by atoms with Crippen LogP contribution in [-0.2, 0) is 18.3 Å². The first-order valence-corrected chi connectivity index (χ1v) is 8.45. The minimum Gasteiger partial charge on any atom is -0.396 e. The lowest BCUT2D eigenvalue weighted by atomic mass is 10.1. The van der Waals surface area contributed by atoms with Crippen LogP contribution in [0.4, 0.5) is 0 Å². The van der Waals surface area contributed by atoms with Crippen molar-refractivity contribution in [2.45, 2.75) is 19.8 Å². The second-order valence-corrected chi connectivity index (χ2v) is 5.96. The Balaban J connectivity index is 1.65. The quantitative estimate of drug-likeness (QED) is 0.372. The molecule has 7 heteroatoms. The van der Waals surface area contributed by atoms with Gasteiger partial charge in [-0.15, -0.1) is 0 Å². The van der Waals surface area contributed by atoms with E-state index in [2.05, 4.69) is 27.7 Å². The molecule has 0 bridgehead atoms. The van der Waals surface area contributed by atoms with E-state index in [4.69, 9.17) is 4.84 Å². The van der Waals surface area contributed by atoms with Gasteiger partial charge in [0, 0.05) is 12.6 Å². The molecular formula is C19H21N5O2. The lowest BCUT2D eigenvalue weighted by Crippen LogP contribution is -2.23. The Labute approximate surface area is 151 Å². The molecule has 0 radical (unpaired) electrons. The van der Waals surface area contributed by atoms with Crippen molar-refractivity contribution in [3.05, 3.63) is 75.7 Å². The zero-order valence-corrected chi connectivity index (χ0v) is 14.9. The van der Waals surface area contributed by atoms with Gasteiger partial charge in [0.15, 0.2) is 0 Å². The summed E-state index contributed by atoms with van der Waals surface area (Å²) in [6.45, 7) is 2.47. The molecule has 1 aromatic heterocycles. The zero-order valence-electron chi connectivity index (χ0n) is 14.9. The summed E-state index contributed by atoms with van der Waals surface area (Å²) in [6, 6.07) is 15.9. The highest BCUT2D eigenvalue weighted by Crippen LogP contribution is 2.14. The lowest BCUT2D eigenvalue weighted by Gasteiger charge is -2.07. The van der Waals surface area contributed by atoms with E-state index in [1.807, 2.05) is 37.3 Å². The van der Waals surface area contributed by atoms with Crippen LogP contribution in [0.2, 0.25) is 0 Å². The Morgan fingerprint density at radius 3 is 2.65 bits per heavy atom. The van der Waals surface area contributed by atoms with Gasteiger partial charge in [-0.2, -0.15) is 9.36 Å². The second-order valence-electron chi connectivity index (χ2n) is 5.96. The van der Waals surface area contributed by atoms with E-state index in [1.54, 1.807) is 19.3 Å². The molecule has 0 unspecified atom stereocenters. The summed E-state index contributed by atoms with van der Waals surface area (Å²) < 4.78 is 2.44. The molecule has 2 aromatic carbocycles. The molecular weight excluding hydrogens is 330 g/mol. The Kier molecular flexibility index (Phi) is 5.58. The molecule has 0 N–H and O–H groups in total. The summed E-state index contributed by atoms with van der Waals surface area (Å²) in [4.78, 5) is 17.5. The molecule has 0 fully saturated rings. The molecule has 134 valence electrons. The highest BCUT2D eigenvalue weighted by Gasteiger charge is 2.11. The van der Waals surface area contributed by atoms with Crippen molar-refractivity contribution >= 4 is 6.21 Å². The maximum absolute atomic E-state index is 12.1. The van der Waals surface area contributed by atoms with E-state index >= 15 is 0 Å². The van der Waals surface area contributed by atoms with E-state index in [-0.39, 0.29) is 5.69 Å². The van der Waals surface area contributed by atoms with Crippen molar-refractivity contribution in [1.82, 2.24) is 19.8 Å². The SMILES string of the molecule is Cc1cccc(-n2nnn(C)c2=O)c1C=NOCCCc1ccccc1. The number of nitrogens with zero attached hydrogens (tertiary/aromatic N) is 5. The lowest BCUT2D eigenvalue weighted by molar-refractivity contribution is 0.143. The summed E-state index contributed by atoms with van der Waals surface area (Å²) in [7, 11) is 1.56. The molecule has 3 aromatic rings.